The number of rotatable bonds is 10. The summed E-state index contributed by atoms with van der Waals surface area (Å²) < 4.78 is 34.1. The molecular weight excluding hydrogens is 461 g/mol. The Labute approximate surface area is 209 Å². The predicted octanol–water partition coefficient (Wildman–Crippen LogP) is 4.59. The number of ether oxygens (including phenoxy) is 3. The van der Waals surface area contributed by atoms with Crippen LogP contribution in [0.3, 0.4) is 0 Å². The topological polar surface area (TPSA) is 76.2 Å². The van der Waals surface area contributed by atoms with Gasteiger partial charge in [0.1, 0.15) is 18.2 Å². The molecule has 0 aliphatic carbocycles. The van der Waals surface area contributed by atoms with Gasteiger partial charge in [0.2, 0.25) is 0 Å². The maximum absolute atomic E-state index is 13.8. The molecule has 0 amide bonds. The van der Waals surface area contributed by atoms with Crippen LogP contribution in [0.4, 0.5) is 4.39 Å². The third-order valence-corrected chi connectivity index (χ3v) is 6.12. The van der Waals surface area contributed by atoms with Gasteiger partial charge in [-0.15, -0.1) is 0 Å². The fourth-order valence-electron chi connectivity index (χ4n) is 4.28. The molecule has 8 nitrogen and oxygen atoms in total. The quantitative estimate of drug-likeness (QED) is 0.302. The Balaban J connectivity index is 1.41. The maximum Gasteiger partial charge on any atom is 0.181 e. The molecule has 1 unspecified atom stereocenters. The van der Waals surface area contributed by atoms with Crippen molar-refractivity contribution >= 4 is 0 Å². The van der Waals surface area contributed by atoms with Crippen molar-refractivity contribution in [2.24, 2.45) is 0 Å². The Morgan fingerprint density at radius 1 is 1.08 bits per heavy atom. The Morgan fingerprint density at radius 3 is 2.75 bits per heavy atom. The molecule has 1 aliphatic heterocycles. The number of benzene rings is 2. The largest absolute Gasteiger partial charge is 0.491 e. The highest BCUT2D eigenvalue weighted by Gasteiger charge is 2.18. The van der Waals surface area contributed by atoms with Gasteiger partial charge in [-0.3, -0.25) is 4.68 Å². The van der Waals surface area contributed by atoms with Crippen LogP contribution in [0.5, 0.6) is 5.75 Å². The van der Waals surface area contributed by atoms with Crippen LogP contribution in [-0.4, -0.2) is 57.6 Å². The number of hydrogen-bond acceptors (Lipinski definition) is 6. The lowest BCUT2D eigenvalue weighted by atomic mass is 10.1. The summed E-state index contributed by atoms with van der Waals surface area (Å²) in [7, 11) is 1.64. The number of aromatic nitrogens is 5. The highest BCUT2D eigenvalue weighted by atomic mass is 19.1. The summed E-state index contributed by atoms with van der Waals surface area (Å²) in [4.78, 5) is 4.85. The molecule has 0 N–H and O–H groups in total. The van der Waals surface area contributed by atoms with Crippen molar-refractivity contribution in [3.8, 4) is 28.5 Å². The van der Waals surface area contributed by atoms with Gasteiger partial charge in [-0.05, 0) is 61.2 Å². The first-order valence-corrected chi connectivity index (χ1v) is 12.2. The monoisotopic (exact) mass is 491 g/mol. The van der Waals surface area contributed by atoms with Crippen molar-refractivity contribution in [3.63, 3.8) is 0 Å². The highest BCUT2D eigenvalue weighted by Crippen LogP contribution is 2.25. The van der Waals surface area contributed by atoms with Crippen molar-refractivity contribution in [3.05, 3.63) is 72.3 Å². The van der Waals surface area contributed by atoms with Gasteiger partial charge in [-0.2, -0.15) is 10.2 Å². The molecule has 0 radical (unpaired) electrons. The summed E-state index contributed by atoms with van der Waals surface area (Å²) in [6.45, 7) is 2.90. The SMILES string of the molecule is COCCOc1ccc(-c2nc(-c3cnn(CC4CCCCO4)c3)n(Cc3cccc(F)c3)n2)cc1. The molecule has 1 saturated heterocycles. The molecule has 0 spiro atoms. The van der Waals surface area contributed by atoms with Crippen LogP contribution in [0.15, 0.2) is 60.9 Å². The summed E-state index contributed by atoms with van der Waals surface area (Å²) in [5.41, 5.74) is 2.51. The maximum atomic E-state index is 13.8. The smallest absolute Gasteiger partial charge is 0.181 e. The minimum Gasteiger partial charge on any atom is -0.491 e. The first-order valence-electron chi connectivity index (χ1n) is 12.2. The first kappa shape index (κ1) is 24.1. The van der Waals surface area contributed by atoms with E-state index in [0.717, 1.165) is 41.9 Å². The van der Waals surface area contributed by atoms with Gasteiger partial charge in [-0.1, -0.05) is 12.1 Å². The normalized spacial score (nSPS) is 15.8. The first-order chi connectivity index (χ1) is 17.7. The van der Waals surface area contributed by atoms with Gasteiger partial charge in [0.25, 0.3) is 0 Å². The molecular formula is C27H30FN5O3. The van der Waals surface area contributed by atoms with E-state index in [-0.39, 0.29) is 11.9 Å². The second kappa shape index (κ2) is 11.5. The predicted molar refractivity (Wildman–Crippen MR) is 133 cm³/mol. The van der Waals surface area contributed by atoms with Crippen LogP contribution in [-0.2, 0) is 22.6 Å². The highest BCUT2D eigenvalue weighted by molar-refractivity contribution is 5.61. The molecule has 1 fully saturated rings. The van der Waals surface area contributed by atoms with Gasteiger partial charge in [0, 0.05) is 25.5 Å². The summed E-state index contributed by atoms with van der Waals surface area (Å²) in [6, 6.07) is 14.2. The molecule has 3 heterocycles. The molecule has 188 valence electrons. The number of halogens is 1. The van der Waals surface area contributed by atoms with E-state index in [1.54, 1.807) is 24.1 Å². The summed E-state index contributed by atoms with van der Waals surface area (Å²) in [5, 5.41) is 9.32. The summed E-state index contributed by atoms with van der Waals surface area (Å²) in [5.74, 6) is 1.72. The molecule has 2 aromatic heterocycles. The molecule has 4 aromatic rings. The average Bonchev–Trinajstić information content (AvgIpc) is 3.52. The molecule has 2 aromatic carbocycles. The van der Waals surface area contributed by atoms with Gasteiger partial charge in [-0.25, -0.2) is 14.1 Å². The van der Waals surface area contributed by atoms with Crippen molar-refractivity contribution in [1.29, 1.82) is 0 Å². The molecule has 0 saturated carbocycles. The standard InChI is InChI=1S/C27H30FN5O3/c1-34-13-14-36-24-10-8-21(9-11-24)26-30-27(33(31-26)17-20-5-4-6-23(28)15-20)22-16-29-32(18-22)19-25-7-2-3-12-35-25/h4-6,8-11,15-16,18,25H,2-3,7,12-14,17,19H2,1H3. The second-order valence-electron chi connectivity index (χ2n) is 8.85. The third kappa shape index (κ3) is 5.98. The van der Waals surface area contributed by atoms with Crippen LogP contribution in [0.25, 0.3) is 22.8 Å². The molecule has 36 heavy (non-hydrogen) atoms. The van der Waals surface area contributed by atoms with Gasteiger partial charge in [0.15, 0.2) is 11.6 Å². The number of nitrogens with zero attached hydrogens (tertiary/aromatic N) is 5. The van der Waals surface area contributed by atoms with Gasteiger partial charge < -0.3 is 14.2 Å². The van der Waals surface area contributed by atoms with E-state index in [4.69, 9.17) is 24.3 Å². The van der Waals surface area contributed by atoms with Crippen molar-refractivity contribution in [1.82, 2.24) is 24.5 Å². The zero-order valence-electron chi connectivity index (χ0n) is 20.3. The third-order valence-electron chi connectivity index (χ3n) is 6.12. The zero-order valence-corrected chi connectivity index (χ0v) is 20.3. The molecule has 9 heteroatoms. The van der Waals surface area contributed by atoms with E-state index >= 15 is 0 Å². The Bertz CT molecular complexity index is 1260. The second-order valence-corrected chi connectivity index (χ2v) is 8.85. The summed E-state index contributed by atoms with van der Waals surface area (Å²) in [6.07, 6.45) is 7.29. The van der Waals surface area contributed by atoms with Crippen molar-refractivity contribution < 1.29 is 18.6 Å². The van der Waals surface area contributed by atoms with E-state index in [1.807, 2.05) is 41.2 Å². The van der Waals surface area contributed by atoms with Crippen LogP contribution in [0.2, 0.25) is 0 Å². The fraction of sp³-hybridized carbons (Fsp3) is 0.370. The van der Waals surface area contributed by atoms with Gasteiger partial charge >= 0.3 is 0 Å². The lowest BCUT2D eigenvalue weighted by Gasteiger charge is -2.22. The lowest BCUT2D eigenvalue weighted by molar-refractivity contribution is 0.00400. The van der Waals surface area contributed by atoms with E-state index in [0.29, 0.717) is 38.0 Å². The molecule has 1 atom stereocenters. The van der Waals surface area contributed by atoms with E-state index in [2.05, 4.69) is 5.10 Å². The van der Waals surface area contributed by atoms with E-state index in [9.17, 15) is 4.39 Å². The Kier molecular flexibility index (Phi) is 7.68. The summed E-state index contributed by atoms with van der Waals surface area (Å²) >= 11 is 0. The lowest BCUT2D eigenvalue weighted by Crippen LogP contribution is -2.24. The van der Waals surface area contributed by atoms with Crippen LogP contribution < -0.4 is 4.74 Å². The fourth-order valence-corrected chi connectivity index (χ4v) is 4.28. The Morgan fingerprint density at radius 2 is 1.97 bits per heavy atom. The van der Waals surface area contributed by atoms with Crippen LogP contribution >= 0.6 is 0 Å². The Hall–Kier alpha value is -3.56. The van der Waals surface area contributed by atoms with Crippen LogP contribution in [0, 0.1) is 5.82 Å². The number of hydrogen-bond donors (Lipinski definition) is 0. The molecule has 5 rings (SSSR count). The van der Waals surface area contributed by atoms with Crippen molar-refractivity contribution in [2.45, 2.75) is 38.5 Å². The average molecular weight is 492 g/mol. The van der Waals surface area contributed by atoms with E-state index in [1.165, 1.54) is 18.6 Å². The van der Waals surface area contributed by atoms with Crippen LogP contribution in [0.1, 0.15) is 24.8 Å². The molecule has 1 aliphatic rings. The van der Waals surface area contributed by atoms with Gasteiger partial charge in [0.05, 0.1) is 37.6 Å². The zero-order chi connectivity index (χ0) is 24.7. The minimum absolute atomic E-state index is 0.178. The van der Waals surface area contributed by atoms with E-state index < -0.39 is 0 Å². The molecule has 0 bridgehead atoms. The minimum atomic E-state index is -0.279. The number of methoxy groups -OCH3 is 1. The van der Waals surface area contributed by atoms with Crippen molar-refractivity contribution in [2.75, 3.05) is 26.9 Å².